The zero-order valence-electron chi connectivity index (χ0n) is 16.2. The molecule has 0 spiro atoms. The molecule has 5 nitrogen and oxygen atoms in total. The summed E-state index contributed by atoms with van der Waals surface area (Å²) >= 11 is 0. The molecule has 4 rings (SSSR count). The number of nitrogens with one attached hydrogen (secondary N) is 1. The van der Waals surface area contributed by atoms with Gasteiger partial charge in [0, 0.05) is 30.3 Å². The Balaban J connectivity index is 1.77. The summed E-state index contributed by atoms with van der Waals surface area (Å²) in [4.78, 5) is 25.8. The van der Waals surface area contributed by atoms with E-state index < -0.39 is 11.7 Å². The van der Waals surface area contributed by atoms with Gasteiger partial charge >= 0.3 is 0 Å². The van der Waals surface area contributed by atoms with Crippen LogP contribution in [0.2, 0.25) is 0 Å². The van der Waals surface area contributed by atoms with Crippen molar-refractivity contribution in [3.63, 3.8) is 0 Å². The molecule has 1 aliphatic heterocycles. The maximum atomic E-state index is 15.3. The zero-order chi connectivity index (χ0) is 20.5. The maximum absolute atomic E-state index is 15.3. The number of amides is 2. The Kier molecular flexibility index (Phi) is 4.98. The average molecular weight is 391 g/mol. The lowest BCUT2D eigenvalue weighted by atomic mass is 9.95. The minimum absolute atomic E-state index is 0.111. The number of primary amides is 1. The molecule has 3 N–H and O–H groups in total. The van der Waals surface area contributed by atoms with Gasteiger partial charge in [0.25, 0.3) is 5.91 Å². The first-order valence-corrected chi connectivity index (χ1v) is 9.71. The van der Waals surface area contributed by atoms with Crippen molar-refractivity contribution in [2.24, 2.45) is 5.73 Å². The number of anilines is 1. The van der Waals surface area contributed by atoms with Gasteiger partial charge < -0.3 is 16.0 Å². The third-order valence-electron chi connectivity index (χ3n) is 5.59. The van der Waals surface area contributed by atoms with E-state index >= 15 is 4.39 Å². The van der Waals surface area contributed by atoms with Crippen LogP contribution < -0.4 is 16.0 Å². The number of nitrogens with two attached hydrogens (primary N) is 1. The van der Waals surface area contributed by atoms with Crippen LogP contribution in [0, 0.1) is 17.7 Å². The fourth-order valence-electron chi connectivity index (χ4n) is 4.42. The summed E-state index contributed by atoms with van der Waals surface area (Å²) in [6.07, 6.45) is 2.18. The lowest BCUT2D eigenvalue weighted by molar-refractivity contribution is -0.116. The first-order chi connectivity index (χ1) is 14.0. The van der Waals surface area contributed by atoms with E-state index in [0.717, 1.165) is 35.1 Å². The Bertz CT molecular complexity index is 1070. The number of hydrogen-bond acceptors (Lipinski definition) is 3. The third kappa shape index (κ3) is 3.44. The highest BCUT2D eigenvalue weighted by molar-refractivity contribution is 6.01. The van der Waals surface area contributed by atoms with Crippen molar-refractivity contribution in [3.05, 3.63) is 52.8 Å². The third-order valence-corrected chi connectivity index (χ3v) is 5.59. The topological polar surface area (TPSA) is 75.4 Å². The zero-order valence-corrected chi connectivity index (χ0v) is 16.2. The lowest BCUT2D eigenvalue weighted by Crippen LogP contribution is -2.48. The van der Waals surface area contributed by atoms with Crippen LogP contribution in [0.25, 0.3) is 11.1 Å². The Morgan fingerprint density at radius 1 is 1.31 bits per heavy atom. The predicted molar refractivity (Wildman–Crippen MR) is 110 cm³/mol. The van der Waals surface area contributed by atoms with Crippen molar-refractivity contribution in [1.82, 2.24) is 5.32 Å². The monoisotopic (exact) mass is 391 g/mol. The number of carbonyl (C=O) groups is 2. The second kappa shape index (κ2) is 7.59. The molecule has 2 aliphatic rings. The molecular formula is C23H22FN3O2. The Hall–Kier alpha value is -3.33. The summed E-state index contributed by atoms with van der Waals surface area (Å²) in [5.74, 6) is 3.67. The Morgan fingerprint density at radius 3 is 2.86 bits per heavy atom. The summed E-state index contributed by atoms with van der Waals surface area (Å²) in [6.45, 7) is 2.77. The summed E-state index contributed by atoms with van der Waals surface area (Å²) in [7, 11) is 0. The number of piperidine rings is 1. The van der Waals surface area contributed by atoms with Crippen molar-refractivity contribution in [3.8, 4) is 23.0 Å². The van der Waals surface area contributed by atoms with Gasteiger partial charge in [-0.1, -0.05) is 30.2 Å². The van der Waals surface area contributed by atoms with Gasteiger partial charge in [-0.3, -0.25) is 9.59 Å². The average Bonchev–Trinajstić information content (AvgIpc) is 3.07. The van der Waals surface area contributed by atoms with E-state index in [-0.39, 0.29) is 17.5 Å². The molecule has 6 heteroatoms. The number of carbonyl (C=O) groups excluding carboxylic acids is 2. The van der Waals surface area contributed by atoms with Crippen molar-refractivity contribution >= 4 is 17.5 Å². The number of benzene rings is 2. The van der Waals surface area contributed by atoms with E-state index in [1.807, 2.05) is 29.2 Å². The highest BCUT2D eigenvalue weighted by Crippen LogP contribution is 2.46. The van der Waals surface area contributed by atoms with Gasteiger partial charge in [0.05, 0.1) is 5.69 Å². The molecule has 0 radical (unpaired) electrons. The summed E-state index contributed by atoms with van der Waals surface area (Å²) in [6, 6.07) is 8.94. The van der Waals surface area contributed by atoms with Crippen LogP contribution in [0.5, 0.6) is 0 Å². The summed E-state index contributed by atoms with van der Waals surface area (Å²) < 4.78 is 15.3. The molecule has 2 aromatic carbocycles. The van der Waals surface area contributed by atoms with Crippen molar-refractivity contribution in [2.75, 3.05) is 18.0 Å². The fraction of sp³-hybridized carbons (Fsp3) is 0.304. The largest absolute Gasteiger partial charge is 0.367 e. The van der Waals surface area contributed by atoms with Crippen LogP contribution in [0.1, 0.15) is 41.3 Å². The van der Waals surface area contributed by atoms with E-state index in [2.05, 4.69) is 17.2 Å². The summed E-state index contributed by atoms with van der Waals surface area (Å²) in [5, 5.41) is 2.90. The number of hydrogen-bond donors (Lipinski definition) is 2. The van der Waals surface area contributed by atoms with Gasteiger partial charge in [0.2, 0.25) is 5.91 Å². The number of nitrogens with zero attached hydrogens (tertiary/aromatic N) is 1. The number of rotatable bonds is 3. The van der Waals surface area contributed by atoms with Gasteiger partial charge in [0.15, 0.2) is 0 Å². The van der Waals surface area contributed by atoms with Crippen molar-refractivity contribution < 1.29 is 14.0 Å². The van der Waals surface area contributed by atoms with Gasteiger partial charge in [-0.05, 0) is 54.9 Å². The van der Waals surface area contributed by atoms with Gasteiger partial charge in [-0.2, -0.15) is 0 Å². The first-order valence-electron chi connectivity index (χ1n) is 9.71. The number of fused-ring (bicyclic) bond motifs is 3. The highest BCUT2D eigenvalue weighted by Gasteiger charge is 2.32. The molecule has 1 aliphatic carbocycles. The molecule has 1 atom stereocenters. The summed E-state index contributed by atoms with van der Waals surface area (Å²) in [5.41, 5.74) is 9.77. The number of halogens is 1. The molecule has 1 saturated heterocycles. The van der Waals surface area contributed by atoms with E-state index in [4.69, 9.17) is 5.73 Å². The van der Waals surface area contributed by atoms with E-state index in [1.54, 1.807) is 6.92 Å². The van der Waals surface area contributed by atoms with Crippen molar-refractivity contribution in [2.45, 2.75) is 32.2 Å². The second-order valence-corrected chi connectivity index (χ2v) is 7.44. The van der Waals surface area contributed by atoms with E-state index in [0.29, 0.717) is 25.2 Å². The first kappa shape index (κ1) is 19.0. The molecule has 2 aromatic rings. The maximum Gasteiger partial charge on any atom is 0.296 e. The standard InChI is InChI=1S/C23H22FN3O2/c1-2-6-20(28)26-15-8-5-10-27(13-15)22-19(24)12-18(23(25)29)17-11-14-7-3-4-9-16(14)21(17)22/h3-4,7,9,12,15H,5,8,10-11,13H2,1H3,(H2,25,29)(H,26,28)/t15-/m0/s1. The Morgan fingerprint density at radius 2 is 2.10 bits per heavy atom. The van der Waals surface area contributed by atoms with Crippen LogP contribution in [0.4, 0.5) is 10.1 Å². The molecule has 0 bridgehead atoms. The highest BCUT2D eigenvalue weighted by atomic mass is 19.1. The minimum Gasteiger partial charge on any atom is -0.367 e. The van der Waals surface area contributed by atoms with Crippen LogP contribution in [-0.4, -0.2) is 30.9 Å². The second-order valence-electron chi connectivity index (χ2n) is 7.44. The fourth-order valence-corrected chi connectivity index (χ4v) is 4.42. The molecule has 148 valence electrons. The Labute approximate surface area is 169 Å². The van der Waals surface area contributed by atoms with Crippen LogP contribution in [-0.2, 0) is 11.2 Å². The van der Waals surface area contributed by atoms with Crippen LogP contribution in [0.3, 0.4) is 0 Å². The van der Waals surface area contributed by atoms with Gasteiger partial charge in [-0.15, -0.1) is 0 Å². The van der Waals surface area contributed by atoms with E-state index in [1.165, 1.54) is 6.07 Å². The molecule has 0 aromatic heterocycles. The van der Waals surface area contributed by atoms with Crippen LogP contribution >= 0.6 is 0 Å². The normalized spacial score (nSPS) is 17.0. The smallest absolute Gasteiger partial charge is 0.296 e. The minimum atomic E-state index is -0.624. The molecule has 2 amide bonds. The molecule has 0 unspecified atom stereocenters. The van der Waals surface area contributed by atoms with E-state index in [9.17, 15) is 9.59 Å². The predicted octanol–water partition coefficient (Wildman–Crippen LogP) is 2.60. The van der Waals surface area contributed by atoms with Gasteiger partial charge in [-0.25, -0.2) is 4.39 Å². The lowest BCUT2D eigenvalue weighted by Gasteiger charge is -2.36. The van der Waals surface area contributed by atoms with Crippen molar-refractivity contribution in [1.29, 1.82) is 0 Å². The quantitative estimate of drug-likeness (QED) is 0.674. The van der Waals surface area contributed by atoms with Gasteiger partial charge in [0.1, 0.15) is 5.82 Å². The SMILES string of the molecule is CC#CC(=O)N[C@H]1CCCN(c2c(F)cc(C(N)=O)c3c2-c2ccccc2C3)C1. The molecular weight excluding hydrogens is 369 g/mol. The molecule has 1 fully saturated rings. The molecule has 29 heavy (non-hydrogen) atoms. The molecule has 0 saturated carbocycles. The van der Waals surface area contributed by atoms with Crippen LogP contribution in [0.15, 0.2) is 30.3 Å². The molecule has 1 heterocycles.